The van der Waals surface area contributed by atoms with Crippen molar-refractivity contribution in [3.05, 3.63) is 193 Å². The highest BCUT2D eigenvalue weighted by atomic mass is 32.1. The van der Waals surface area contributed by atoms with Crippen molar-refractivity contribution in [2.24, 2.45) is 0 Å². The molecular weight excluding hydrogens is 673 g/mol. The first-order valence-electron chi connectivity index (χ1n) is 18.7. The maximum Gasteiger partial charge on any atom is 0.0544 e. The zero-order valence-corrected chi connectivity index (χ0v) is 30.9. The number of hydrogen-bond acceptors (Lipinski definition) is 2. The van der Waals surface area contributed by atoms with Crippen LogP contribution in [0, 0.1) is 0 Å². The first-order valence-corrected chi connectivity index (χ1v) is 19.5. The first kappa shape index (κ1) is 31.1. The molecule has 10 aromatic rings. The summed E-state index contributed by atoms with van der Waals surface area (Å²) in [5, 5.41) is 5.13. The Balaban J connectivity index is 1.10. The molecule has 0 N–H and O–H groups in total. The molecule has 2 aromatic heterocycles. The van der Waals surface area contributed by atoms with Gasteiger partial charge in [0.25, 0.3) is 0 Å². The zero-order chi connectivity index (χ0) is 36.0. The summed E-state index contributed by atoms with van der Waals surface area (Å²) >= 11 is 1.87. The van der Waals surface area contributed by atoms with Crippen LogP contribution in [0.3, 0.4) is 0 Å². The zero-order valence-electron chi connectivity index (χ0n) is 30.1. The fourth-order valence-electron chi connectivity index (χ4n) is 8.93. The van der Waals surface area contributed by atoms with Crippen molar-refractivity contribution in [3.8, 4) is 27.9 Å². The molecule has 8 aromatic carbocycles. The maximum atomic E-state index is 2.46. The highest BCUT2D eigenvalue weighted by molar-refractivity contribution is 7.25. The van der Waals surface area contributed by atoms with E-state index < -0.39 is 0 Å². The summed E-state index contributed by atoms with van der Waals surface area (Å²) in [4.78, 5) is 2.35. The second-order valence-corrected chi connectivity index (χ2v) is 16.1. The van der Waals surface area contributed by atoms with Gasteiger partial charge >= 0.3 is 0 Å². The lowest BCUT2D eigenvalue weighted by molar-refractivity contribution is 0.661. The van der Waals surface area contributed by atoms with Crippen LogP contribution in [0.4, 0.5) is 17.1 Å². The van der Waals surface area contributed by atoms with Crippen LogP contribution >= 0.6 is 11.3 Å². The van der Waals surface area contributed by atoms with E-state index >= 15 is 0 Å². The minimum atomic E-state index is -0.0684. The van der Waals surface area contributed by atoms with Gasteiger partial charge in [-0.25, -0.2) is 0 Å². The number of para-hydroxylation sites is 3. The van der Waals surface area contributed by atoms with Gasteiger partial charge in [-0.2, -0.15) is 0 Å². The van der Waals surface area contributed by atoms with Crippen molar-refractivity contribution in [2.75, 3.05) is 4.90 Å². The van der Waals surface area contributed by atoms with Crippen LogP contribution in [0.25, 0.3) is 69.9 Å². The van der Waals surface area contributed by atoms with Crippen molar-refractivity contribution in [2.45, 2.75) is 19.3 Å². The van der Waals surface area contributed by atoms with Crippen molar-refractivity contribution in [3.63, 3.8) is 0 Å². The van der Waals surface area contributed by atoms with E-state index in [9.17, 15) is 0 Å². The van der Waals surface area contributed by atoms with E-state index in [0.29, 0.717) is 0 Å². The van der Waals surface area contributed by atoms with Gasteiger partial charge in [-0.1, -0.05) is 105 Å². The second-order valence-electron chi connectivity index (χ2n) is 15.0. The summed E-state index contributed by atoms with van der Waals surface area (Å²) in [5.74, 6) is 0. The molecule has 1 aliphatic carbocycles. The SMILES string of the molecule is CC1(C)c2ccccc2-c2cc3c4cc(-c5ccc6sc7ccc(N(c8ccccc8)c8ccccc8)cc7c6c5)ccc4n(-c4ccccc4)c3cc21. The number of rotatable bonds is 5. The molecule has 0 atom stereocenters. The Hall–Kier alpha value is -6.42. The van der Waals surface area contributed by atoms with E-state index in [1.165, 1.54) is 81.0 Å². The van der Waals surface area contributed by atoms with E-state index in [4.69, 9.17) is 0 Å². The summed E-state index contributed by atoms with van der Waals surface area (Å²) in [6.07, 6.45) is 0. The Labute approximate surface area is 318 Å². The van der Waals surface area contributed by atoms with Crippen molar-refractivity contribution in [1.29, 1.82) is 0 Å². The predicted octanol–water partition coefficient (Wildman–Crippen LogP) is 14.6. The van der Waals surface area contributed by atoms with Gasteiger partial charge in [-0.05, 0) is 124 Å². The Morgan fingerprint density at radius 2 is 1.00 bits per heavy atom. The minimum Gasteiger partial charge on any atom is -0.310 e. The van der Waals surface area contributed by atoms with Crippen LogP contribution in [0.1, 0.15) is 25.0 Å². The number of fused-ring (bicyclic) bond motifs is 9. The minimum absolute atomic E-state index is 0.0684. The maximum absolute atomic E-state index is 2.46. The third-order valence-corrected chi connectivity index (χ3v) is 12.7. The summed E-state index contributed by atoms with van der Waals surface area (Å²) < 4.78 is 5.05. The Morgan fingerprint density at radius 3 is 1.72 bits per heavy atom. The molecule has 2 nitrogen and oxygen atoms in total. The number of thiophene rings is 1. The number of anilines is 3. The van der Waals surface area contributed by atoms with E-state index in [1.807, 2.05) is 11.3 Å². The molecule has 0 unspecified atom stereocenters. The number of benzene rings is 8. The molecule has 0 amide bonds. The van der Waals surface area contributed by atoms with Gasteiger partial charge < -0.3 is 9.47 Å². The molecule has 0 bridgehead atoms. The molecule has 1 aliphatic rings. The van der Waals surface area contributed by atoms with Gasteiger partial charge in [0, 0.05) is 59.1 Å². The Kier molecular flexibility index (Phi) is 6.80. The molecule has 0 saturated heterocycles. The highest BCUT2D eigenvalue weighted by Gasteiger charge is 2.36. The summed E-state index contributed by atoms with van der Waals surface area (Å²) in [5.41, 5.74) is 15.0. The molecule has 0 aliphatic heterocycles. The fraction of sp³-hybridized carbons (Fsp3) is 0.0588. The normalized spacial score (nSPS) is 13.1. The van der Waals surface area contributed by atoms with Gasteiger partial charge in [-0.15, -0.1) is 11.3 Å². The third kappa shape index (κ3) is 4.65. The summed E-state index contributed by atoms with van der Waals surface area (Å²) in [6.45, 7) is 4.73. The standard InChI is InChI=1S/C51H36N2S/c1-51(2)45-21-13-12-20-39(45)40-31-42-41-28-33(22-25-47(41)53(48(42)32-46(40)51)37-18-10-5-11-19-37)34-23-26-49-43(29-34)44-30-38(24-27-50(44)54-49)52(35-14-6-3-7-15-35)36-16-8-4-9-17-36/h3-32H,1-2H3. The molecule has 0 spiro atoms. The average molecular weight is 709 g/mol. The van der Waals surface area contributed by atoms with Crippen LogP contribution in [0.2, 0.25) is 0 Å². The molecule has 0 saturated carbocycles. The first-order chi connectivity index (χ1) is 26.5. The van der Waals surface area contributed by atoms with E-state index in [2.05, 4.69) is 205 Å². The summed E-state index contributed by atoms with van der Waals surface area (Å²) in [6, 6.07) is 67.0. The lowest BCUT2D eigenvalue weighted by Crippen LogP contribution is -2.14. The highest BCUT2D eigenvalue weighted by Crippen LogP contribution is 2.51. The van der Waals surface area contributed by atoms with Crippen LogP contribution in [-0.2, 0) is 5.41 Å². The van der Waals surface area contributed by atoms with Crippen LogP contribution in [0.5, 0.6) is 0 Å². The lowest BCUT2D eigenvalue weighted by Gasteiger charge is -2.25. The molecular formula is C51H36N2S. The topological polar surface area (TPSA) is 8.17 Å². The predicted molar refractivity (Wildman–Crippen MR) is 231 cm³/mol. The van der Waals surface area contributed by atoms with Gasteiger partial charge in [-0.3, -0.25) is 0 Å². The van der Waals surface area contributed by atoms with Crippen LogP contribution in [0.15, 0.2) is 182 Å². The fourth-order valence-corrected chi connectivity index (χ4v) is 10.0. The number of nitrogens with zero attached hydrogens (tertiary/aromatic N) is 2. The van der Waals surface area contributed by atoms with Crippen LogP contribution in [-0.4, -0.2) is 4.57 Å². The lowest BCUT2D eigenvalue weighted by atomic mass is 9.82. The van der Waals surface area contributed by atoms with E-state index in [0.717, 1.165) is 17.1 Å². The van der Waals surface area contributed by atoms with Crippen molar-refractivity contribution >= 4 is 70.4 Å². The quantitative estimate of drug-likeness (QED) is 0.173. The molecule has 2 heterocycles. The van der Waals surface area contributed by atoms with E-state index in [-0.39, 0.29) is 5.41 Å². The average Bonchev–Trinajstić information content (AvgIpc) is 3.83. The monoisotopic (exact) mass is 708 g/mol. The number of hydrogen-bond donors (Lipinski definition) is 0. The smallest absolute Gasteiger partial charge is 0.0544 e. The molecule has 0 fully saturated rings. The third-order valence-electron chi connectivity index (χ3n) is 11.6. The van der Waals surface area contributed by atoms with Crippen LogP contribution < -0.4 is 4.90 Å². The molecule has 54 heavy (non-hydrogen) atoms. The van der Waals surface area contributed by atoms with Crippen molar-refractivity contribution < 1.29 is 0 Å². The molecule has 11 rings (SSSR count). The van der Waals surface area contributed by atoms with Gasteiger partial charge in [0.15, 0.2) is 0 Å². The van der Waals surface area contributed by atoms with Gasteiger partial charge in [0.1, 0.15) is 0 Å². The second kappa shape index (κ2) is 11.8. The Morgan fingerprint density at radius 1 is 0.426 bits per heavy atom. The molecule has 0 radical (unpaired) electrons. The van der Waals surface area contributed by atoms with Gasteiger partial charge in [0.2, 0.25) is 0 Å². The molecule has 3 heteroatoms. The number of aromatic nitrogens is 1. The van der Waals surface area contributed by atoms with Gasteiger partial charge in [0.05, 0.1) is 11.0 Å². The molecule has 256 valence electrons. The van der Waals surface area contributed by atoms with Crippen molar-refractivity contribution in [1.82, 2.24) is 4.57 Å². The Bertz CT molecular complexity index is 3020. The largest absolute Gasteiger partial charge is 0.310 e. The van der Waals surface area contributed by atoms with E-state index in [1.54, 1.807) is 0 Å². The summed E-state index contributed by atoms with van der Waals surface area (Å²) in [7, 11) is 0.